The third-order valence-corrected chi connectivity index (χ3v) is 2.59. The summed E-state index contributed by atoms with van der Waals surface area (Å²) in [5, 5.41) is 21.2. The first-order chi connectivity index (χ1) is 7.99. The lowest BCUT2D eigenvalue weighted by Gasteiger charge is -2.33. The van der Waals surface area contributed by atoms with Crippen molar-refractivity contribution in [3.8, 4) is 0 Å². The van der Waals surface area contributed by atoms with Crippen molar-refractivity contribution in [3.05, 3.63) is 29.3 Å². The number of carboxylic acids is 1. The quantitative estimate of drug-likeness (QED) is 0.712. The molecule has 2 rings (SSSR count). The Kier molecular flexibility index (Phi) is 2.72. The first-order valence-corrected chi connectivity index (χ1v) is 5.07. The molecule has 2 amide bonds. The minimum atomic E-state index is -1.23. The second-order valence-electron chi connectivity index (χ2n) is 3.92. The second-order valence-corrected chi connectivity index (χ2v) is 3.92. The molecule has 6 heteroatoms. The number of carboxylic acid groups (broad SMARTS) is 1. The van der Waals surface area contributed by atoms with Gasteiger partial charge < -0.3 is 15.5 Å². The van der Waals surface area contributed by atoms with Gasteiger partial charge in [0.15, 0.2) is 6.23 Å². The van der Waals surface area contributed by atoms with Gasteiger partial charge in [-0.2, -0.15) is 0 Å². The molecule has 1 aromatic carbocycles. The van der Waals surface area contributed by atoms with Gasteiger partial charge in [0.1, 0.15) is 6.54 Å². The van der Waals surface area contributed by atoms with Gasteiger partial charge >= 0.3 is 12.0 Å². The van der Waals surface area contributed by atoms with Crippen LogP contribution in [0.2, 0.25) is 0 Å². The molecule has 0 bridgehead atoms. The number of aliphatic hydroxyl groups excluding tert-OH is 1. The molecule has 0 fully saturated rings. The van der Waals surface area contributed by atoms with E-state index in [2.05, 4.69) is 5.32 Å². The zero-order valence-corrected chi connectivity index (χ0v) is 9.17. The SMILES string of the molecule is Cc1ccc2c(c1)C(O)N(CC(=O)O)C(=O)N2. The Morgan fingerprint density at radius 3 is 2.88 bits per heavy atom. The molecule has 1 aliphatic rings. The van der Waals surface area contributed by atoms with Crippen LogP contribution in [0.5, 0.6) is 0 Å². The predicted molar refractivity (Wildman–Crippen MR) is 59.5 cm³/mol. The van der Waals surface area contributed by atoms with Crippen molar-refractivity contribution in [3.63, 3.8) is 0 Å². The van der Waals surface area contributed by atoms with E-state index in [9.17, 15) is 14.7 Å². The van der Waals surface area contributed by atoms with Crippen LogP contribution in [0.3, 0.4) is 0 Å². The van der Waals surface area contributed by atoms with Gasteiger partial charge in [0.05, 0.1) is 5.69 Å². The summed E-state index contributed by atoms with van der Waals surface area (Å²) in [5.74, 6) is -1.17. The van der Waals surface area contributed by atoms with E-state index in [1.165, 1.54) is 0 Å². The van der Waals surface area contributed by atoms with Crippen LogP contribution < -0.4 is 5.32 Å². The first kappa shape index (κ1) is 11.4. The number of amides is 2. The number of aryl methyl sites for hydroxylation is 1. The summed E-state index contributed by atoms with van der Waals surface area (Å²) < 4.78 is 0. The van der Waals surface area contributed by atoms with Crippen LogP contribution in [-0.4, -0.2) is 33.7 Å². The van der Waals surface area contributed by atoms with E-state index in [0.29, 0.717) is 11.3 Å². The summed E-state index contributed by atoms with van der Waals surface area (Å²) in [7, 11) is 0. The predicted octanol–water partition coefficient (Wildman–Crippen LogP) is 0.918. The van der Waals surface area contributed by atoms with E-state index >= 15 is 0 Å². The molecule has 3 N–H and O–H groups in total. The maximum absolute atomic E-state index is 11.6. The highest BCUT2D eigenvalue weighted by Gasteiger charge is 2.32. The Morgan fingerprint density at radius 1 is 1.53 bits per heavy atom. The topological polar surface area (TPSA) is 89.9 Å². The summed E-state index contributed by atoms with van der Waals surface area (Å²) in [4.78, 5) is 23.0. The van der Waals surface area contributed by atoms with Gasteiger partial charge in [-0.3, -0.25) is 9.69 Å². The lowest BCUT2D eigenvalue weighted by molar-refractivity contribution is -0.139. The number of anilines is 1. The van der Waals surface area contributed by atoms with Crippen LogP contribution in [0, 0.1) is 6.92 Å². The monoisotopic (exact) mass is 236 g/mol. The number of rotatable bonds is 2. The Balaban J connectivity index is 2.38. The molecule has 1 unspecified atom stereocenters. The van der Waals surface area contributed by atoms with Crippen molar-refractivity contribution >= 4 is 17.7 Å². The van der Waals surface area contributed by atoms with Crippen LogP contribution in [0.25, 0.3) is 0 Å². The summed E-state index contributed by atoms with van der Waals surface area (Å²) in [6.07, 6.45) is -1.23. The largest absolute Gasteiger partial charge is 0.480 e. The molecule has 17 heavy (non-hydrogen) atoms. The number of carbonyl (C=O) groups is 2. The number of nitrogens with one attached hydrogen (secondary N) is 1. The van der Waals surface area contributed by atoms with E-state index in [1.807, 2.05) is 6.92 Å². The van der Waals surface area contributed by atoms with Gasteiger partial charge in [0, 0.05) is 5.56 Å². The standard InChI is InChI=1S/C11H12N2O4/c1-6-2-3-8-7(4-6)10(16)13(5-9(14)15)11(17)12-8/h2-4,10,16H,5H2,1H3,(H,12,17)(H,14,15). The zero-order chi connectivity index (χ0) is 12.6. The Morgan fingerprint density at radius 2 is 2.24 bits per heavy atom. The zero-order valence-electron chi connectivity index (χ0n) is 9.17. The molecule has 1 heterocycles. The van der Waals surface area contributed by atoms with E-state index in [4.69, 9.17) is 5.11 Å². The number of aliphatic carboxylic acids is 1. The second kappa shape index (κ2) is 4.06. The lowest BCUT2D eigenvalue weighted by Crippen LogP contribution is -2.44. The summed E-state index contributed by atoms with van der Waals surface area (Å²) in [6.45, 7) is 1.31. The van der Waals surface area contributed by atoms with Crippen LogP contribution in [0.4, 0.5) is 10.5 Å². The molecular formula is C11H12N2O4. The fourth-order valence-electron chi connectivity index (χ4n) is 1.78. The molecule has 0 aromatic heterocycles. The average Bonchev–Trinajstić information content (AvgIpc) is 2.25. The molecule has 6 nitrogen and oxygen atoms in total. The highest BCUT2D eigenvalue weighted by atomic mass is 16.4. The van der Waals surface area contributed by atoms with Gasteiger partial charge in [0.25, 0.3) is 0 Å². The summed E-state index contributed by atoms with van der Waals surface area (Å²) in [6, 6.07) is 4.59. The number of hydrogen-bond acceptors (Lipinski definition) is 3. The molecule has 0 spiro atoms. The van der Waals surface area contributed by atoms with Crippen LogP contribution >= 0.6 is 0 Å². The van der Waals surface area contributed by atoms with Crippen molar-refractivity contribution in [2.75, 3.05) is 11.9 Å². The van der Waals surface area contributed by atoms with Crippen LogP contribution in [-0.2, 0) is 4.79 Å². The number of hydrogen-bond donors (Lipinski definition) is 3. The van der Waals surface area contributed by atoms with E-state index in [0.717, 1.165) is 10.5 Å². The molecular weight excluding hydrogens is 224 g/mol. The Hall–Kier alpha value is -2.08. The third-order valence-electron chi connectivity index (χ3n) is 2.59. The number of aliphatic hydroxyl groups is 1. The van der Waals surface area contributed by atoms with Crippen molar-refractivity contribution < 1.29 is 19.8 Å². The lowest BCUT2D eigenvalue weighted by atomic mass is 10.1. The smallest absolute Gasteiger partial charge is 0.324 e. The molecule has 0 aliphatic carbocycles. The van der Waals surface area contributed by atoms with Gasteiger partial charge in [-0.25, -0.2) is 4.79 Å². The van der Waals surface area contributed by atoms with E-state index < -0.39 is 24.8 Å². The highest BCUT2D eigenvalue weighted by molar-refractivity contribution is 5.94. The van der Waals surface area contributed by atoms with Crippen LogP contribution in [0.1, 0.15) is 17.4 Å². The molecule has 1 aromatic rings. The molecule has 1 aliphatic heterocycles. The number of benzene rings is 1. The fourth-order valence-corrected chi connectivity index (χ4v) is 1.78. The van der Waals surface area contributed by atoms with Crippen molar-refractivity contribution in [2.24, 2.45) is 0 Å². The molecule has 0 saturated carbocycles. The van der Waals surface area contributed by atoms with E-state index in [1.54, 1.807) is 18.2 Å². The fraction of sp³-hybridized carbons (Fsp3) is 0.273. The molecule has 0 saturated heterocycles. The van der Waals surface area contributed by atoms with Gasteiger partial charge in [-0.05, 0) is 19.1 Å². The molecule has 90 valence electrons. The first-order valence-electron chi connectivity index (χ1n) is 5.07. The minimum Gasteiger partial charge on any atom is -0.480 e. The number of nitrogens with zero attached hydrogens (tertiary/aromatic N) is 1. The summed E-state index contributed by atoms with van der Waals surface area (Å²) in [5.41, 5.74) is 1.94. The van der Waals surface area contributed by atoms with E-state index in [-0.39, 0.29) is 0 Å². The van der Waals surface area contributed by atoms with Crippen molar-refractivity contribution in [1.29, 1.82) is 0 Å². The number of urea groups is 1. The maximum atomic E-state index is 11.6. The van der Waals surface area contributed by atoms with Gasteiger partial charge in [-0.15, -0.1) is 0 Å². The Labute approximate surface area is 97.5 Å². The van der Waals surface area contributed by atoms with Crippen molar-refractivity contribution in [1.82, 2.24) is 4.90 Å². The Bertz CT molecular complexity index is 486. The van der Waals surface area contributed by atoms with Crippen molar-refractivity contribution in [2.45, 2.75) is 13.2 Å². The van der Waals surface area contributed by atoms with Gasteiger partial charge in [-0.1, -0.05) is 11.6 Å². The molecule has 0 radical (unpaired) electrons. The van der Waals surface area contributed by atoms with Gasteiger partial charge in [0.2, 0.25) is 0 Å². The summed E-state index contributed by atoms with van der Waals surface area (Å²) >= 11 is 0. The third kappa shape index (κ3) is 2.07. The molecule has 1 atom stereocenters. The van der Waals surface area contributed by atoms with Crippen LogP contribution in [0.15, 0.2) is 18.2 Å². The highest BCUT2D eigenvalue weighted by Crippen LogP contribution is 2.31. The minimum absolute atomic E-state index is 0.505. The number of carbonyl (C=O) groups excluding carboxylic acids is 1. The normalized spacial score (nSPS) is 18.6. The number of fused-ring (bicyclic) bond motifs is 1. The average molecular weight is 236 g/mol. The maximum Gasteiger partial charge on any atom is 0.324 e.